The van der Waals surface area contributed by atoms with Crippen LogP contribution in [0.15, 0.2) is 0 Å². The largest absolute Gasteiger partial charge is 0.377 e. The molecule has 0 radical (unpaired) electrons. The van der Waals surface area contributed by atoms with E-state index in [1.54, 1.807) is 0 Å². The maximum atomic E-state index is 5.82. The summed E-state index contributed by atoms with van der Waals surface area (Å²) in [5.74, 6) is 0.895. The van der Waals surface area contributed by atoms with Gasteiger partial charge in [0.05, 0.1) is 12.7 Å². The number of ether oxygens (including phenoxy) is 1. The van der Waals surface area contributed by atoms with Crippen molar-refractivity contribution in [1.29, 1.82) is 0 Å². The van der Waals surface area contributed by atoms with Gasteiger partial charge in [0.1, 0.15) is 0 Å². The fourth-order valence-electron chi connectivity index (χ4n) is 3.97. The van der Waals surface area contributed by atoms with E-state index in [9.17, 15) is 0 Å². The van der Waals surface area contributed by atoms with Gasteiger partial charge in [-0.15, -0.1) is 0 Å². The second kappa shape index (κ2) is 7.94. The number of rotatable bonds is 6. The Kier molecular flexibility index (Phi) is 6.51. The van der Waals surface area contributed by atoms with Gasteiger partial charge in [0.25, 0.3) is 0 Å². The minimum Gasteiger partial charge on any atom is -0.377 e. The fraction of sp³-hybridized carbons (Fsp3) is 1.00. The molecule has 0 aromatic carbocycles. The second-order valence-corrected chi connectivity index (χ2v) is 7.65. The van der Waals surface area contributed by atoms with E-state index >= 15 is 0 Å². The van der Waals surface area contributed by atoms with Crippen LogP contribution in [0, 0.1) is 5.92 Å². The summed E-state index contributed by atoms with van der Waals surface area (Å²) in [5, 5.41) is 3.84. The van der Waals surface area contributed by atoms with E-state index in [4.69, 9.17) is 4.74 Å². The molecule has 124 valence electrons. The molecule has 1 aliphatic carbocycles. The van der Waals surface area contributed by atoms with Crippen LogP contribution in [-0.2, 0) is 4.74 Å². The fourth-order valence-corrected chi connectivity index (χ4v) is 3.97. The molecule has 1 N–H and O–H groups in total. The first kappa shape index (κ1) is 17.2. The average molecular weight is 296 g/mol. The molecule has 2 rings (SSSR count). The summed E-state index contributed by atoms with van der Waals surface area (Å²) >= 11 is 0. The summed E-state index contributed by atoms with van der Waals surface area (Å²) < 4.78 is 5.82. The summed E-state index contributed by atoms with van der Waals surface area (Å²) in [7, 11) is 0. The Labute approximate surface area is 131 Å². The summed E-state index contributed by atoms with van der Waals surface area (Å²) in [4.78, 5) is 2.73. The molecule has 0 aromatic heterocycles. The molecule has 1 saturated heterocycles. The van der Waals surface area contributed by atoms with Gasteiger partial charge >= 0.3 is 0 Å². The first-order valence-electron chi connectivity index (χ1n) is 9.15. The van der Waals surface area contributed by atoms with E-state index in [0.29, 0.717) is 6.10 Å². The highest BCUT2D eigenvalue weighted by atomic mass is 16.5. The predicted octanol–water partition coefficient (Wildman–Crippen LogP) is 3.43. The smallest absolute Gasteiger partial charge is 0.0597 e. The number of hydrogen-bond donors (Lipinski definition) is 1. The highest BCUT2D eigenvalue weighted by Gasteiger charge is 2.38. The zero-order valence-corrected chi connectivity index (χ0v) is 14.7. The molecule has 1 heterocycles. The van der Waals surface area contributed by atoms with Crippen molar-refractivity contribution in [2.75, 3.05) is 26.2 Å². The van der Waals surface area contributed by atoms with Crippen molar-refractivity contribution in [1.82, 2.24) is 10.2 Å². The molecular formula is C18H36N2O. The van der Waals surface area contributed by atoms with Gasteiger partial charge < -0.3 is 10.1 Å². The molecule has 1 aliphatic heterocycles. The van der Waals surface area contributed by atoms with Gasteiger partial charge in [0, 0.05) is 31.2 Å². The maximum Gasteiger partial charge on any atom is 0.0597 e. The third-order valence-corrected chi connectivity index (χ3v) is 5.56. The van der Waals surface area contributed by atoms with Gasteiger partial charge in [0.2, 0.25) is 0 Å². The summed E-state index contributed by atoms with van der Waals surface area (Å²) in [6.07, 6.45) is 8.71. The van der Waals surface area contributed by atoms with Crippen LogP contribution in [0.5, 0.6) is 0 Å². The Bertz CT molecular complexity index is 302. The maximum absolute atomic E-state index is 5.82. The van der Waals surface area contributed by atoms with E-state index in [1.165, 1.54) is 45.1 Å². The molecule has 0 bridgehead atoms. The van der Waals surface area contributed by atoms with Crippen molar-refractivity contribution in [3.05, 3.63) is 0 Å². The van der Waals surface area contributed by atoms with E-state index < -0.39 is 0 Å². The SMILES string of the molecule is CCC1(C)CN(CCOC(C)C)C(C2CCCCC2)CN1. The van der Waals surface area contributed by atoms with Crippen molar-refractivity contribution in [3.63, 3.8) is 0 Å². The van der Waals surface area contributed by atoms with Crippen LogP contribution in [0.2, 0.25) is 0 Å². The van der Waals surface area contributed by atoms with Crippen molar-refractivity contribution >= 4 is 0 Å². The van der Waals surface area contributed by atoms with Crippen LogP contribution >= 0.6 is 0 Å². The summed E-state index contributed by atoms with van der Waals surface area (Å²) in [6.45, 7) is 13.2. The second-order valence-electron chi connectivity index (χ2n) is 7.65. The van der Waals surface area contributed by atoms with Gasteiger partial charge in [-0.3, -0.25) is 4.90 Å². The molecule has 3 heteroatoms. The standard InChI is InChI=1S/C18H36N2O/c1-5-18(4)14-20(11-12-21-15(2)3)17(13-19-18)16-9-7-6-8-10-16/h15-17,19H,5-14H2,1-4H3. The lowest BCUT2D eigenvalue weighted by Crippen LogP contribution is -2.64. The molecule has 0 spiro atoms. The normalized spacial score (nSPS) is 32.7. The van der Waals surface area contributed by atoms with E-state index in [1.807, 2.05) is 0 Å². The van der Waals surface area contributed by atoms with E-state index in [0.717, 1.165) is 31.7 Å². The van der Waals surface area contributed by atoms with Gasteiger partial charge in [0.15, 0.2) is 0 Å². The predicted molar refractivity (Wildman–Crippen MR) is 89.7 cm³/mol. The summed E-state index contributed by atoms with van der Waals surface area (Å²) in [6, 6.07) is 0.723. The number of nitrogens with one attached hydrogen (secondary N) is 1. The Morgan fingerprint density at radius 3 is 2.57 bits per heavy atom. The highest BCUT2D eigenvalue weighted by molar-refractivity contribution is 4.97. The number of hydrogen-bond acceptors (Lipinski definition) is 3. The van der Waals surface area contributed by atoms with Crippen LogP contribution in [0.1, 0.15) is 66.2 Å². The molecule has 2 unspecified atom stereocenters. The first-order valence-corrected chi connectivity index (χ1v) is 9.15. The Hall–Kier alpha value is -0.120. The zero-order chi connectivity index (χ0) is 15.3. The summed E-state index contributed by atoms with van der Waals surface area (Å²) in [5.41, 5.74) is 0.281. The van der Waals surface area contributed by atoms with Gasteiger partial charge in [-0.2, -0.15) is 0 Å². The van der Waals surface area contributed by atoms with Crippen LogP contribution in [0.25, 0.3) is 0 Å². The third kappa shape index (κ3) is 4.94. The molecule has 21 heavy (non-hydrogen) atoms. The Morgan fingerprint density at radius 1 is 1.24 bits per heavy atom. The lowest BCUT2D eigenvalue weighted by atomic mass is 9.80. The molecule has 2 atom stereocenters. The number of piperazine rings is 1. The van der Waals surface area contributed by atoms with Crippen LogP contribution in [-0.4, -0.2) is 48.8 Å². The molecule has 2 fully saturated rings. The van der Waals surface area contributed by atoms with Gasteiger partial charge in [-0.05, 0) is 46.0 Å². The molecule has 3 nitrogen and oxygen atoms in total. The number of nitrogens with zero attached hydrogens (tertiary/aromatic N) is 1. The van der Waals surface area contributed by atoms with Gasteiger partial charge in [-0.1, -0.05) is 26.2 Å². The van der Waals surface area contributed by atoms with Crippen LogP contribution in [0.4, 0.5) is 0 Å². The monoisotopic (exact) mass is 296 g/mol. The topological polar surface area (TPSA) is 24.5 Å². The van der Waals surface area contributed by atoms with E-state index in [-0.39, 0.29) is 5.54 Å². The highest BCUT2D eigenvalue weighted by Crippen LogP contribution is 2.32. The van der Waals surface area contributed by atoms with Crippen molar-refractivity contribution < 1.29 is 4.74 Å². The molecule has 2 aliphatic rings. The Morgan fingerprint density at radius 2 is 1.95 bits per heavy atom. The zero-order valence-electron chi connectivity index (χ0n) is 14.7. The third-order valence-electron chi connectivity index (χ3n) is 5.56. The lowest BCUT2D eigenvalue weighted by Gasteiger charge is -2.49. The van der Waals surface area contributed by atoms with Gasteiger partial charge in [-0.25, -0.2) is 0 Å². The minimum atomic E-state index is 0.281. The van der Waals surface area contributed by atoms with Crippen molar-refractivity contribution in [2.45, 2.75) is 83.9 Å². The van der Waals surface area contributed by atoms with E-state index in [2.05, 4.69) is 37.9 Å². The molecule has 0 aromatic rings. The molecular weight excluding hydrogens is 260 g/mol. The van der Waals surface area contributed by atoms with Crippen molar-refractivity contribution in [2.24, 2.45) is 5.92 Å². The molecule has 1 saturated carbocycles. The van der Waals surface area contributed by atoms with Crippen LogP contribution in [0.3, 0.4) is 0 Å². The Balaban J connectivity index is 1.95. The van der Waals surface area contributed by atoms with Crippen molar-refractivity contribution in [3.8, 4) is 0 Å². The lowest BCUT2D eigenvalue weighted by molar-refractivity contribution is 0.00211. The van der Waals surface area contributed by atoms with Crippen LogP contribution < -0.4 is 5.32 Å². The first-order chi connectivity index (χ1) is 10.0. The minimum absolute atomic E-state index is 0.281. The molecule has 0 amide bonds. The quantitative estimate of drug-likeness (QED) is 0.812. The average Bonchev–Trinajstić information content (AvgIpc) is 2.48.